The molecular formula is C24H26F3N7. The molecule has 1 saturated heterocycles. The molecule has 0 radical (unpaired) electrons. The summed E-state index contributed by atoms with van der Waals surface area (Å²) in [6, 6.07) is 13.1. The van der Waals surface area contributed by atoms with Gasteiger partial charge in [0.05, 0.1) is 11.1 Å². The first-order valence-corrected chi connectivity index (χ1v) is 11.2. The van der Waals surface area contributed by atoms with Gasteiger partial charge in [0.2, 0.25) is 0 Å². The molecule has 0 aliphatic carbocycles. The molecule has 7 nitrogen and oxygen atoms in total. The zero-order valence-electron chi connectivity index (χ0n) is 18.4. The average molecular weight is 470 g/mol. The van der Waals surface area contributed by atoms with Crippen LogP contribution in [-0.4, -0.2) is 29.1 Å². The van der Waals surface area contributed by atoms with E-state index >= 15 is 0 Å². The number of benzene rings is 2. The SMILES string of the molecule is NC1(c2ccc(NCc3cccc(C(F)(F)F)c3)cc2)NN(C2CCNCC2)c2ncncc21. The first kappa shape index (κ1) is 22.6. The number of halogens is 3. The Morgan fingerprint density at radius 2 is 1.88 bits per heavy atom. The molecule has 3 heterocycles. The van der Waals surface area contributed by atoms with Crippen LogP contribution >= 0.6 is 0 Å². The summed E-state index contributed by atoms with van der Waals surface area (Å²) in [5.41, 5.74) is 11.7. The van der Waals surface area contributed by atoms with Gasteiger partial charge >= 0.3 is 6.18 Å². The number of anilines is 2. The number of piperidine rings is 1. The average Bonchev–Trinajstić information content (AvgIpc) is 3.17. The summed E-state index contributed by atoms with van der Waals surface area (Å²) in [5, 5.41) is 8.62. The molecule has 178 valence electrons. The molecule has 10 heteroatoms. The quantitative estimate of drug-likeness (QED) is 0.456. The maximum atomic E-state index is 13.0. The Hall–Kier alpha value is -3.21. The van der Waals surface area contributed by atoms with Gasteiger partial charge in [0.1, 0.15) is 12.0 Å². The van der Waals surface area contributed by atoms with Crippen LogP contribution in [0.3, 0.4) is 0 Å². The van der Waals surface area contributed by atoms with Crippen LogP contribution in [0.2, 0.25) is 0 Å². The Balaban J connectivity index is 1.33. The Morgan fingerprint density at radius 3 is 2.62 bits per heavy atom. The molecule has 3 aromatic rings. The highest BCUT2D eigenvalue weighted by Gasteiger charge is 2.44. The second kappa shape index (κ2) is 8.86. The smallest absolute Gasteiger partial charge is 0.381 e. The second-order valence-corrected chi connectivity index (χ2v) is 8.66. The first-order valence-electron chi connectivity index (χ1n) is 11.2. The number of aromatic nitrogens is 2. The van der Waals surface area contributed by atoms with E-state index in [1.165, 1.54) is 12.4 Å². The lowest BCUT2D eigenvalue weighted by molar-refractivity contribution is -0.137. The second-order valence-electron chi connectivity index (χ2n) is 8.66. The van der Waals surface area contributed by atoms with Crippen molar-refractivity contribution in [3.8, 4) is 0 Å². The molecule has 1 atom stereocenters. The van der Waals surface area contributed by atoms with Crippen molar-refractivity contribution in [2.75, 3.05) is 23.4 Å². The number of nitrogens with zero attached hydrogens (tertiary/aromatic N) is 3. The van der Waals surface area contributed by atoms with Crippen molar-refractivity contribution in [2.24, 2.45) is 5.73 Å². The Morgan fingerprint density at radius 1 is 1.12 bits per heavy atom. The number of fused-ring (bicyclic) bond motifs is 1. The predicted molar refractivity (Wildman–Crippen MR) is 124 cm³/mol. The van der Waals surface area contributed by atoms with Gasteiger partial charge in [-0.25, -0.2) is 15.4 Å². The third-order valence-electron chi connectivity index (χ3n) is 6.41. The molecule has 0 bridgehead atoms. The normalized spacial score (nSPS) is 20.9. The Kier molecular flexibility index (Phi) is 5.88. The van der Waals surface area contributed by atoms with Crippen LogP contribution in [-0.2, 0) is 18.4 Å². The number of rotatable bonds is 5. The molecule has 5 N–H and O–H groups in total. The van der Waals surface area contributed by atoms with Crippen molar-refractivity contribution in [2.45, 2.75) is 37.3 Å². The zero-order valence-corrected chi connectivity index (χ0v) is 18.4. The highest BCUT2D eigenvalue weighted by atomic mass is 19.4. The van der Waals surface area contributed by atoms with Crippen LogP contribution in [0.25, 0.3) is 0 Å². The van der Waals surface area contributed by atoms with Crippen LogP contribution in [0, 0.1) is 0 Å². The molecule has 2 aliphatic heterocycles. The molecule has 0 spiro atoms. The predicted octanol–water partition coefficient (Wildman–Crippen LogP) is 3.34. The van der Waals surface area contributed by atoms with Gasteiger partial charge in [0.25, 0.3) is 0 Å². The summed E-state index contributed by atoms with van der Waals surface area (Å²) in [5.74, 6) is 0.788. The van der Waals surface area contributed by atoms with E-state index in [2.05, 4.69) is 31.0 Å². The lowest BCUT2D eigenvalue weighted by Crippen LogP contribution is -2.57. The van der Waals surface area contributed by atoms with E-state index in [1.54, 1.807) is 12.3 Å². The minimum absolute atomic E-state index is 0.272. The largest absolute Gasteiger partial charge is 0.416 e. The molecule has 0 saturated carbocycles. The van der Waals surface area contributed by atoms with Crippen molar-refractivity contribution >= 4 is 11.5 Å². The van der Waals surface area contributed by atoms with E-state index in [0.29, 0.717) is 5.56 Å². The number of nitrogens with two attached hydrogens (primary N) is 1. The number of hydrogen-bond donors (Lipinski definition) is 4. The monoisotopic (exact) mass is 469 g/mol. The molecular weight excluding hydrogens is 443 g/mol. The van der Waals surface area contributed by atoms with Gasteiger partial charge in [-0.3, -0.25) is 5.01 Å². The van der Waals surface area contributed by atoms with Gasteiger partial charge in [0.15, 0.2) is 5.82 Å². The van der Waals surface area contributed by atoms with Crippen LogP contribution < -0.4 is 26.8 Å². The van der Waals surface area contributed by atoms with E-state index in [4.69, 9.17) is 5.73 Å². The van der Waals surface area contributed by atoms with Gasteiger partial charge in [-0.2, -0.15) is 13.2 Å². The van der Waals surface area contributed by atoms with Crippen LogP contribution in [0.4, 0.5) is 24.7 Å². The molecule has 5 rings (SSSR count). The van der Waals surface area contributed by atoms with Crippen molar-refractivity contribution in [1.29, 1.82) is 0 Å². The van der Waals surface area contributed by atoms with E-state index < -0.39 is 17.4 Å². The summed E-state index contributed by atoms with van der Waals surface area (Å²) < 4.78 is 38.9. The maximum absolute atomic E-state index is 13.0. The minimum atomic E-state index is -4.36. The zero-order chi connectivity index (χ0) is 23.8. The topological polar surface area (TPSA) is 91.1 Å². The molecule has 2 aromatic carbocycles. The van der Waals surface area contributed by atoms with Gasteiger partial charge in [-0.1, -0.05) is 24.3 Å². The van der Waals surface area contributed by atoms with Gasteiger partial charge in [-0.15, -0.1) is 0 Å². The molecule has 1 aromatic heterocycles. The highest BCUT2D eigenvalue weighted by molar-refractivity contribution is 5.59. The maximum Gasteiger partial charge on any atom is 0.416 e. The molecule has 2 aliphatic rings. The molecule has 0 amide bonds. The Labute approximate surface area is 195 Å². The number of hydrazine groups is 1. The van der Waals surface area contributed by atoms with Crippen LogP contribution in [0.5, 0.6) is 0 Å². The van der Waals surface area contributed by atoms with Crippen molar-refractivity contribution in [3.05, 3.63) is 83.3 Å². The fourth-order valence-corrected chi connectivity index (χ4v) is 4.56. The summed E-state index contributed by atoms with van der Waals surface area (Å²) in [6.07, 6.45) is 0.872. The number of alkyl halides is 3. The lowest BCUT2D eigenvalue weighted by atomic mass is 9.95. The van der Waals surface area contributed by atoms with Crippen molar-refractivity contribution < 1.29 is 13.2 Å². The summed E-state index contributed by atoms with van der Waals surface area (Å²) >= 11 is 0. The summed E-state index contributed by atoms with van der Waals surface area (Å²) in [7, 11) is 0. The molecule has 1 unspecified atom stereocenters. The van der Waals surface area contributed by atoms with Crippen LogP contribution in [0.15, 0.2) is 61.1 Å². The standard InChI is InChI=1S/C24H26F3N7/c25-24(26,27)18-3-1-2-16(12-18)13-31-19-6-4-17(5-7-19)23(28)21-14-30-15-32-22(21)34(33-23)20-8-10-29-11-9-20/h1-7,12,14-15,20,29,31,33H,8-11,13,28H2. The first-order chi connectivity index (χ1) is 16.3. The van der Waals surface area contributed by atoms with E-state index in [1.807, 2.05) is 24.3 Å². The van der Waals surface area contributed by atoms with Gasteiger partial charge < -0.3 is 16.4 Å². The fourth-order valence-electron chi connectivity index (χ4n) is 4.56. The van der Waals surface area contributed by atoms with E-state index in [9.17, 15) is 13.2 Å². The van der Waals surface area contributed by atoms with Crippen LogP contribution in [0.1, 0.15) is 35.1 Å². The van der Waals surface area contributed by atoms with Gasteiger partial charge in [0, 0.05) is 24.5 Å². The lowest BCUT2D eigenvalue weighted by Gasteiger charge is -2.35. The third-order valence-corrected chi connectivity index (χ3v) is 6.41. The van der Waals surface area contributed by atoms with Crippen molar-refractivity contribution in [1.82, 2.24) is 20.7 Å². The Bertz CT molecular complexity index is 1150. The molecule has 1 fully saturated rings. The number of hydrogen-bond acceptors (Lipinski definition) is 7. The minimum Gasteiger partial charge on any atom is -0.381 e. The van der Waals surface area contributed by atoms with E-state index in [-0.39, 0.29) is 12.6 Å². The van der Waals surface area contributed by atoms with E-state index in [0.717, 1.165) is 60.7 Å². The summed E-state index contributed by atoms with van der Waals surface area (Å²) in [4.78, 5) is 8.70. The van der Waals surface area contributed by atoms with Gasteiger partial charge in [-0.05, 0) is 61.3 Å². The fraction of sp³-hybridized carbons (Fsp3) is 0.333. The third kappa shape index (κ3) is 4.31. The molecule has 34 heavy (non-hydrogen) atoms. The summed E-state index contributed by atoms with van der Waals surface area (Å²) in [6.45, 7) is 2.15. The number of nitrogens with one attached hydrogen (secondary N) is 3. The highest BCUT2D eigenvalue weighted by Crippen LogP contribution is 2.38. The van der Waals surface area contributed by atoms with Crippen molar-refractivity contribution in [3.63, 3.8) is 0 Å².